The molecule has 0 aromatic carbocycles. The Kier molecular flexibility index (Phi) is 6.44. The van der Waals surface area contributed by atoms with Crippen molar-refractivity contribution >= 4 is 20.1 Å². The Hall–Kier alpha value is -0.683. The van der Waals surface area contributed by atoms with E-state index >= 15 is 0 Å². The van der Waals surface area contributed by atoms with Crippen molar-refractivity contribution in [2.24, 2.45) is 23.2 Å². The second-order valence-electron chi connectivity index (χ2n) is 10.2. The third-order valence-electron chi connectivity index (χ3n) is 6.92. The Bertz CT molecular complexity index is 541. The van der Waals surface area contributed by atoms with E-state index in [0.717, 1.165) is 38.5 Å². The van der Waals surface area contributed by atoms with Gasteiger partial charge in [0.2, 0.25) is 0 Å². The molecule has 0 radical (unpaired) electrons. The first-order valence-electron chi connectivity index (χ1n) is 10.4. The van der Waals surface area contributed by atoms with Crippen molar-refractivity contribution in [2.75, 3.05) is 0 Å². The lowest BCUT2D eigenvalue weighted by Gasteiger charge is -2.42. The summed E-state index contributed by atoms with van der Waals surface area (Å²) < 4.78 is 6.01. The van der Waals surface area contributed by atoms with E-state index in [9.17, 15) is 14.7 Å². The molecular weight excluding hydrogens is 344 g/mol. The maximum Gasteiger partial charge on any atom is 0.334 e. The van der Waals surface area contributed by atoms with Crippen LogP contribution in [0.1, 0.15) is 72.1 Å². The van der Waals surface area contributed by atoms with Gasteiger partial charge < -0.3 is 9.53 Å². The van der Waals surface area contributed by atoms with Crippen LogP contribution in [0.2, 0.25) is 19.6 Å². The summed E-state index contributed by atoms with van der Waals surface area (Å²) in [5.74, 6) is 1.02. The number of carbonyl (C=O) groups excluding carboxylic acids is 1. The van der Waals surface area contributed by atoms with Crippen LogP contribution in [0.5, 0.6) is 0 Å². The molecule has 2 aliphatic carbocycles. The van der Waals surface area contributed by atoms with Crippen molar-refractivity contribution in [3.05, 3.63) is 0 Å². The predicted octanol–water partition coefficient (Wildman–Crippen LogP) is 5.27. The Labute approximate surface area is 160 Å². The van der Waals surface area contributed by atoms with E-state index in [0.29, 0.717) is 24.0 Å². The minimum Gasteiger partial charge on any atom is -0.479 e. The van der Waals surface area contributed by atoms with Crippen molar-refractivity contribution in [3.8, 4) is 0 Å². The molecule has 1 unspecified atom stereocenters. The zero-order valence-electron chi connectivity index (χ0n) is 17.6. The van der Waals surface area contributed by atoms with Crippen LogP contribution >= 0.6 is 0 Å². The summed E-state index contributed by atoms with van der Waals surface area (Å²) in [5, 5.41) is 9.66. The summed E-state index contributed by atoms with van der Waals surface area (Å²) in [6.45, 7) is 12.5. The zero-order chi connectivity index (χ0) is 19.8. The van der Waals surface area contributed by atoms with Crippen molar-refractivity contribution < 1.29 is 19.1 Å². The van der Waals surface area contributed by atoms with Crippen LogP contribution in [0.3, 0.4) is 0 Å². The third-order valence-corrected chi connectivity index (χ3v) is 7.98. The number of hydrogen-bond donors (Lipinski definition) is 1. The molecule has 1 N–H and O–H groups in total. The molecular formula is C21H38O4Si. The van der Waals surface area contributed by atoms with Crippen molar-refractivity contribution in [2.45, 2.75) is 97.4 Å². The first kappa shape index (κ1) is 21.6. The summed E-state index contributed by atoms with van der Waals surface area (Å²) in [7, 11) is -1.92. The molecule has 2 fully saturated rings. The maximum absolute atomic E-state index is 12.3. The Morgan fingerprint density at radius 3 is 2.62 bits per heavy atom. The van der Waals surface area contributed by atoms with Gasteiger partial charge in [0.05, 0.1) is 0 Å². The van der Waals surface area contributed by atoms with Crippen LogP contribution in [0.25, 0.3) is 0 Å². The van der Waals surface area contributed by atoms with Crippen molar-refractivity contribution in [1.29, 1.82) is 0 Å². The van der Waals surface area contributed by atoms with Gasteiger partial charge in [0.15, 0.2) is 13.9 Å². The SMILES string of the molecule is C[C@H](CCC[C@@](C)(O[Si](C)(C)C)C(=O)O)[C@H]1CCC2C(=O)CCC[C@]21C. The van der Waals surface area contributed by atoms with Gasteiger partial charge in [0.1, 0.15) is 5.78 Å². The molecule has 4 nitrogen and oxygen atoms in total. The smallest absolute Gasteiger partial charge is 0.334 e. The zero-order valence-corrected chi connectivity index (χ0v) is 18.6. The minimum absolute atomic E-state index is 0.166. The number of hydrogen-bond acceptors (Lipinski definition) is 3. The molecule has 0 aliphatic heterocycles. The standard InChI is InChI=1S/C21H38O4Si/c1-15(9-7-14-21(3,19(23)24)25-26(4,5)6)16-11-12-17-18(22)10-8-13-20(16,17)2/h15-17H,7-14H2,1-6H3,(H,23,24)/t15-,16-,17?,20+,21-/m1/s1. The van der Waals surface area contributed by atoms with Gasteiger partial charge in [-0.05, 0) is 82.3 Å². The molecule has 0 aromatic heterocycles. The first-order chi connectivity index (χ1) is 11.9. The molecule has 0 amide bonds. The van der Waals surface area contributed by atoms with Gasteiger partial charge in [-0.15, -0.1) is 0 Å². The highest BCUT2D eigenvalue weighted by atomic mass is 28.4. The predicted molar refractivity (Wildman–Crippen MR) is 107 cm³/mol. The minimum atomic E-state index is -1.92. The average molecular weight is 383 g/mol. The lowest BCUT2D eigenvalue weighted by Crippen LogP contribution is -2.46. The van der Waals surface area contributed by atoms with Gasteiger partial charge >= 0.3 is 5.97 Å². The normalized spacial score (nSPS) is 32.8. The number of fused-ring (bicyclic) bond motifs is 1. The van der Waals surface area contributed by atoms with E-state index in [1.54, 1.807) is 6.92 Å². The lowest BCUT2D eigenvalue weighted by atomic mass is 9.62. The van der Waals surface area contributed by atoms with Gasteiger partial charge in [-0.25, -0.2) is 4.79 Å². The van der Waals surface area contributed by atoms with Crippen molar-refractivity contribution in [1.82, 2.24) is 0 Å². The number of rotatable bonds is 8. The van der Waals surface area contributed by atoms with Crippen LogP contribution in [0.15, 0.2) is 0 Å². The summed E-state index contributed by atoms with van der Waals surface area (Å²) in [5.41, 5.74) is -0.910. The maximum atomic E-state index is 12.3. The molecule has 150 valence electrons. The number of aliphatic carboxylic acids is 1. The summed E-state index contributed by atoms with van der Waals surface area (Å²) in [4.78, 5) is 24.1. The van der Waals surface area contributed by atoms with Crippen LogP contribution in [0.4, 0.5) is 0 Å². The van der Waals surface area contributed by atoms with Gasteiger partial charge in [0, 0.05) is 12.3 Å². The van der Waals surface area contributed by atoms with Crippen LogP contribution in [-0.2, 0) is 14.0 Å². The number of carboxylic acid groups (broad SMARTS) is 1. The summed E-state index contributed by atoms with van der Waals surface area (Å²) in [6.07, 6.45) is 7.61. The Morgan fingerprint density at radius 2 is 2.04 bits per heavy atom. The number of ketones is 1. The highest BCUT2D eigenvalue weighted by molar-refractivity contribution is 6.70. The summed E-state index contributed by atoms with van der Waals surface area (Å²) >= 11 is 0. The largest absolute Gasteiger partial charge is 0.479 e. The van der Waals surface area contributed by atoms with Gasteiger partial charge in [-0.3, -0.25) is 4.79 Å². The first-order valence-corrected chi connectivity index (χ1v) is 13.8. The van der Waals surface area contributed by atoms with Gasteiger partial charge in [-0.1, -0.05) is 20.3 Å². The van der Waals surface area contributed by atoms with E-state index in [2.05, 4.69) is 13.8 Å². The second kappa shape index (κ2) is 7.74. The molecule has 0 heterocycles. The molecule has 26 heavy (non-hydrogen) atoms. The van der Waals surface area contributed by atoms with E-state index < -0.39 is 19.9 Å². The molecule has 0 saturated heterocycles. The van der Waals surface area contributed by atoms with Crippen LogP contribution < -0.4 is 0 Å². The molecule has 0 spiro atoms. The van der Waals surface area contributed by atoms with E-state index in [4.69, 9.17) is 4.43 Å². The molecule has 5 heteroatoms. The van der Waals surface area contributed by atoms with Crippen LogP contribution in [-0.4, -0.2) is 30.8 Å². The van der Waals surface area contributed by atoms with Crippen LogP contribution in [0, 0.1) is 23.2 Å². The van der Waals surface area contributed by atoms with E-state index in [-0.39, 0.29) is 11.3 Å². The van der Waals surface area contributed by atoms with Gasteiger partial charge in [0.25, 0.3) is 0 Å². The number of carbonyl (C=O) groups is 2. The second-order valence-corrected chi connectivity index (χ2v) is 14.6. The fourth-order valence-corrected chi connectivity index (χ4v) is 7.29. The topological polar surface area (TPSA) is 63.6 Å². The Morgan fingerprint density at radius 1 is 1.38 bits per heavy atom. The molecule has 2 rings (SSSR count). The monoisotopic (exact) mass is 382 g/mol. The molecule has 2 aliphatic rings. The average Bonchev–Trinajstić information content (AvgIpc) is 2.83. The van der Waals surface area contributed by atoms with E-state index in [1.807, 2.05) is 19.6 Å². The fourth-order valence-electron chi connectivity index (χ4n) is 5.74. The summed E-state index contributed by atoms with van der Waals surface area (Å²) in [6, 6.07) is 0. The quantitative estimate of drug-likeness (QED) is 0.581. The molecule has 0 aromatic rings. The third kappa shape index (κ3) is 4.59. The van der Waals surface area contributed by atoms with E-state index in [1.165, 1.54) is 6.42 Å². The molecule has 0 bridgehead atoms. The highest BCUT2D eigenvalue weighted by Gasteiger charge is 2.52. The molecule has 2 saturated carbocycles. The lowest BCUT2D eigenvalue weighted by molar-refractivity contribution is -0.155. The van der Waals surface area contributed by atoms with Gasteiger partial charge in [-0.2, -0.15) is 0 Å². The fraction of sp³-hybridized carbons (Fsp3) is 0.905. The Balaban J connectivity index is 1.95. The van der Waals surface area contributed by atoms with Crippen molar-refractivity contribution in [3.63, 3.8) is 0 Å². The number of Topliss-reactive ketones (excluding diaryl/α,β-unsaturated/α-hetero) is 1. The molecule has 5 atom stereocenters. The number of carboxylic acids is 1. The highest BCUT2D eigenvalue weighted by Crippen LogP contribution is 2.57.